The molecule has 66 heavy (non-hydrogen) atoms. The first-order valence-electron chi connectivity index (χ1n) is 21.8. The van der Waals surface area contributed by atoms with Gasteiger partial charge in [0, 0.05) is 33.9 Å². The number of oxazole rings is 2. The molecule has 0 amide bonds. The highest BCUT2D eigenvalue weighted by Gasteiger charge is 2.23. The van der Waals surface area contributed by atoms with E-state index in [2.05, 4.69) is 131 Å². The smallest absolute Gasteiger partial charge is 0.229 e. The van der Waals surface area contributed by atoms with E-state index in [0.717, 1.165) is 101 Å². The average molecular weight is 851 g/mol. The first kappa shape index (κ1) is 38.5. The van der Waals surface area contributed by atoms with Gasteiger partial charge in [-0.1, -0.05) is 121 Å². The SMILES string of the molecule is c1ccc(N(c2ccc(-c3nc4ccccc4nc3-c3ccc(N(c4ccccc4)c4ccccc4-c4nc5ccccc5o4)cc3)cc2)c2ccccc2-c2nc3ccccc3o2)cc1. The van der Waals surface area contributed by atoms with E-state index in [1.807, 2.05) is 109 Å². The molecule has 8 nitrogen and oxygen atoms in total. The van der Waals surface area contributed by atoms with E-state index in [1.54, 1.807) is 0 Å². The number of nitrogens with zero attached hydrogens (tertiary/aromatic N) is 6. The Morgan fingerprint density at radius 3 is 1.02 bits per heavy atom. The Bertz CT molecular complexity index is 3350. The molecule has 12 aromatic rings. The molecule has 0 aliphatic rings. The number of para-hydroxylation sites is 10. The molecule has 0 fully saturated rings. The van der Waals surface area contributed by atoms with Crippen LogP contribution in [0.5, 0.6) is 0 Å². The van der Waals surface area contributed by atoms with Gasteiger partial charge in [-0.25, -0.2) is 19.9 Å². The van der Waals surface area contributed by atoms with E-state index in [-0.39, 0.29) is 0 Å². The number of rotatable bonds is 10. The van der Waals surface area contributed by atoms with Crippen LogP contribution in [-0.4, -0.2) is 19.9 Å². The minimum absolute atomic E-state index is 0.561. The number of aromatic nitrogens is 4. The summed E-state index contributed by atoms with van der Waals surface area (Å²) in [6, 6.07) is 78.0. The summed E-state index contributed by atoms with van der Waals surface area (Å²) in [5.74, 6) is 1.12. The van der Waals surface area contributed by atoms with Crippen molar-refractivity contribution in [3.8, 4) is 45.4 Å². The lowest BCUT2D eigenvalue weighted by atomic mass is 10.0. The molecule has 9 aromatic carbocycles. The zero-order valence-electron chi connectivity index (χ0n) is 35.4. The van der Waals surface area contributed by atoms with Crippen LogP contribution in [0.2, 0.25) is 0 Å². The monoisotopic (exact) mass is 850 g/mol. The van der Waals surface area contributed by atoms with Gasteiger partial charge in [0.2, 0.25) is 11.8 Å². The topological polar surface area (TPSA) is 84.3 Å². The fraction of sp³-hybridized carbons (Fsp3) is 0. The number of hydrogen-bond donors (Lipinski definition) is 0. The molecule has 12 rings (SSSR count). The molecule has 0 bridgehead atoms. The zero-order valence-corrected chi connectivity index (χ0v) is 35.4. The van der Waals surface area contributed by atoms with Gasteiger partial charge in [-0.15, -0.1) is 0 Å². The van der Waals surface area contributed by atoms with Crippen molar-refractivity contribution in [1.82, 2.24) is 19.9 Å². The summed E-state index contributed by atoms with van der Waals surface area (Å²) >= 11 is 0. The summed E-state index contributed by atoms with van der Waals surface area (Å²) in [7, 11) is 0. The van der Waals surface area contributed by atoms with E-state index in [0.29, 0.717) is 11.8 Å². The molecule has 3 heterocycles. The summed E-state index contributed by atoms with van der Waals surface area (Å²) in [6.07, 6.45) is 0. The lowest BCUT2D eigenvalue weighted by Crippen LogP contribution is -2.11. The molecule has 3 aromatic heterocycles. The van der Waals surface area contributed by atoms with Gasteiger partial charge in [-0.3, -0.25) is 0 Å². The van der Waals surface area contributed by atoms with Crippen LogP contribution in [0.15, 0.2) is 239 Å². The quantitative estimate of drug-likeness (QED) is 0.135. The highest BCUT2D eigenvalue weighted by atomic mass is 16.4. The number of benzene rings is 9. The maximum Gasteiger partial charge on any atom is 0.229 e. The van der Waals surface area contributed by atoms with E-state index in [9.17, 15) is 0 Å². The number of anilines is 6. The van der Waals surface area contributed by atoms with E-state index in [1.165, 1.54) is 0 Å². The van der Waals surface area contributed by atoms with Crippen LogP contribution in [0, 0.1) is 0 Å². The Hall–Kier alpha value is -9.14. The van der Waals surface area contributed by atoms with Gasteiger partial charge < -0.3 is 18.6 Å². The Morgan fingerprint density at radius 2 is 0.606 bits per heavy atom. The van der Waals surface area contributed by atoms with Crippen molar-refractivity contribution in [2.24, 2.45) is 0 Å². The predicted molar refractivity (Wildman–Crippen MR) is 266 cm³/mol. The second kappa shape index (κ2) is 16.5. The molecule has 0 spiro atoms. The fourth-order valence-corrected chi connectivity index (χ4v) is 8.62. The highest BCUT2D eigenvalue weighted by molar-refractivity contribution is 5.92. The molecule has 0 saturated carbocycles. The van der Waals surface area contributed by atoms with Crippen LogP contribution in [0.4, 0.5) is 34.1 Å². The second-order valence-corrected chi connectivity index (χ2v) is 15.9. The molecule has 0 unspecified atom stereocenters. The summed E-state index contributed by atoms with van der Waals surface area (Å²) < 4.78 is 12.6. The Balaban J connectivity index is 0.943. The van der Waals surface area contributed by atoms with Gasteiger partial charge >= 0.3 is 0 Å². The van der Waals surface area contributed by atoms with E-state index >= 15 is 0 Å². The molecular weight excluding hydrogens is 813 g/mol. The van der Waals surface area contributed by atoms with Crippen molar-refractivity contribution < 1.29 is 8.83 Å². The average Bonchev–Trinajstić information content (AvgIpc) is 4.03. The fourth-order valence-electron chi connectivity index (χ4n) is 8.62. The van der Waals surface area contributed by atoms with Crippen LogP contribution in [-0.2, 0) is 0 Å². The van der Waals surface area contributed by atoms with Crippen molar-refractivity contribution in [2.45, 2.75) is 0 Å². The number of hydrogen-bond acceptors (Lipinski definition) is 8. The van der Waals surface area contributed by atoms with Gasteiger partial charge in [0.05, 0.1) is 44.9 Å². The molecule has 0 aliphatic carbocycles. The largest absolute Gasteiger partial charge is 0.436 e. The van der Waals surface area contributed by atoms with Crippen molar-refractivity contribution in [2.75, 3.05) is 9.80 Å². The molecule has 0 radical (unpaired) electrons. The molecular formula is C58H38N6O2. The van der Waals surface area contributed by atoms with E-state index in [4.69, 9.17) is 28.8 Å². The second-order valence-electron chi connectivity index (χ2n) is 15.9. The lowest BCUT2D eigenvalue weighted by molar-refractivity contribution is 0.619. The maximum atomic E-state index is 6.32. The summed E-state index contributed by atoms with van der Waals surface area (Å²) in [5, 5.41) is 0. The molecule has 312 valence electrons. The van der Waals surface area contributed by atoms with Crippen LogP contribution in [0.25, 0.3) is 78.7 Å². The minimum Gasteiger partial charge on any atom is -0.436 e. The van der Waals surface area contributed by atoms with Gasteiger partial charge in [0.1, 0.15) is 11.0 Å². The van der Waals surface area contributed by atoms with E-state index < -0.39 is 0 Å². The predicted octanol–water partition coefficient (Wildman–Crippen LogP) is 15.5. The van der Waals surface area contributed by atoms with Crippen LogP contribution in [0.1, 0.15) is 0 Å². The molecule has 0 saturated heterocycles. The normalized spacial score (nSPS) is 11.3. The molecule has 0 atom stereocenters. The number of fused-ring (bicyclic) bond motifs is 3. The first-order valence-corrected chi connectivity index (χ1v) is 21.8. The van der Waals surface area contributed by atoms with Crippen LogP contribution < -0.4 is 9.80 Å². The van der Waals surface area contributed by atoms with Crippen LogP contribution >= 0.6 is 0 Å². The standard InChI is InChI=1S/C58H38N6O2/c1-3-17-41(18-4-1)63(51-27-13-7-21-45(51)57-61-49-25-11-15-29-53(49)65-57)43-35-31-39(32-36-43)55-56(60-48-24-10-9-23-47(48)59-55)40-33-37-44(38-34-40)64(42-19-5-2-6-20-42)52-28-14-8-22-46(52)58-62-50-26-12-16-30-54(50)66-58/h1-38H. The third kappa shape index (κ3) is 7.09. The van der Waals surface area contributed by atoms with Gasteiger partial charge in [0.25, 0.3) is 0 Å². The zero-order chi connectivity index (χ0) is 43.8. The third-order valence-corrected chi connectivity index (χ3v) is 11.7. The Kier molecular flexibility index (Phi) is 9.65. The first-order chi connectivity index (χ1) is 32.7. The Morgan fingerprint density at radius 1 is 0.273 bits per heavy atom. The molecule has 8 heteroatoms. The molecule has 0 N–H and O–H groups in total. The van der Waals surface area contributed by atoms with Gasteiger partial charge in [0.15, 0.2) is 11.2 Å². The Labute approximate surface area is 380 Å². The lowest BCUT2D eigenvalue weighted by Gasteiger charge is -2.27. The van der Waals surface area contributed by atoms with Crippen molar-refractivity contribution in [1.29, 1.82) is 0 Å². The summed E-state index contributed by atoms with van der Waals surface area (Å²) in [6.45, 7) is 0. The summed E-state index contributed by atoms with van der Waals surface area (Å²) in [5.41, 5.74) is 15.8. The highest BCUT2D eigenvalue weighted by Crippen LogP contribution is 2.44. The van der Waals surface area contributed by atoms with Crippen molar-refractivity contribution in [3.05, 3.63) is 231 Å². The summed E-state index contributed by atoms with van der Waals surface area (Å²) in [4.78, 5) is 24.8. The third-order valence-electron chi connectivity index (χ3n) is 11.7. The van der Waals surface area contributed by atoms with Gasteiger partial charge in [-0.2, -0.15) is 0 Å². The van der Waals surface area contributed by atoms with Crippen molar-refractivity contribution in [3.63, 3.8) is 0 Å². The molecule has 0 aliphatic heterocycles. The van der Waals surface area contributed by atoms with Crippen LogP contribution in [0.3, 0.4) is 0 Å². The van der Waals surface area contributed by atoms with Crippen molar-refractivity contribution >= 4 is 67.4 Å². The minimum atomic E-state index is 0.561. The van der Waals surface area contributed by atoms with Gasteiger partial charge in [-0.05, 0) is 109 Å². The maximum absolute atomic E-state index is 6.32.